The predicted molar refractivity (Wildman–Crippen MR) is 101 cm³/mol. The molecular weight excluding hydrogens is 389 g/mol. The maximum Gasteiger partial charge on any atom is 0.417 e. The quantitative estimate of drug-likeness (QED) is 0.774. The number of carbonyl (C=O) groups excluding carboxylic acids is 1. The van der Waals surface area contributed by atoms with E-state index in [0.29, 0.717) is 12.5 Å². The zero-order valence-corrected chi connectivity index (χ0v) is 15.9. The summed E-state index contributed by atoms with van der Waals surface area (Å²) in [5.41, 5.74) is 0.0928. The van der Waals surface area contributed by atoms with Crippen molar-refractivity contribution in [3.8, 4) is 0 Å². The molecule has 0 aromatic heterocycles. The summed E-state index contributed by atoms with van der Waals surface area (Å²) in [7, 11) is 0. The summed E-state index contributed by atoms with van der Waals surface area (Å²) >= 11 is 5.63. The average molecular weight is 409 g/mol. The van der Waals surface area contributed by atoms with Gasteiger partial charge in [0.15, 0.2) is 0 Å². The second-order valence-electron chi connectivity index (χ2n) is 7.74. The number of hydrogen-bond donors (Lipinski definition) is 1. The molecule has 5 rings (SSSR count). The molecule has 2 aliphatic heterocycles. The van der Waals surface area contributed by atoms with E-state index in [-0.39, 0.29) is 11.1 Å². The molecule has 148 valence electrons. The number of rotatable bonds is 5. The first-order chi connectivity index (χ1) is 13.3. The smallest absolute Gasteiger partial charge is 0.350 e. The van der Waals surface area contributed by atoms with Gasteiger partial charge in [-0.3, -0.25) is 9.69 Å². The van der Waals surface area contributed by atoms with E-state index in [1.54, 1.807) is 0 Å². The Morgan fingerprint density at radius 2 is 1.89 bits per heavy atom. The van der Waals surface area contributed by atoms with Crippen LogP contribution in [0.25, 0.3) is 0 Å². The third-order valence-electron chi connectivity index (χ3n) is 5.81. The van der Waals surface area contributed by atoms with Crippen molar-refractivity contribution in [3.05, 3.63) is 70.2 Å². The highest BCUT2D eigenvalue weighted by molar-refractivity contribution is 6.31. The van der Waals surface area contributed by atoms with Gasteiger partial charge >= 0.3 is 6.18 Å². The molecular formula is C21H20ClF3N2O. The van der Waals surface area contributed by atoms with Crippen LogP contribution < -0.4 is 5.32 Å². The van der Waals surface area contributed by atoms with Gasteiger partial charge in [-0.05, 0) is 42.5 Å². The molecule has 3 fully saturated rings. The van der Waals surface area contributed by atoms with Crippen LogP contribution in [0.3, 0.4) is 0 Å². The lowest BCUT2D eigenvalue weighted by molar-refractivity contribution is -0.137. The van der Waals surface area contributed by atoms with E-state index < -0.39 is 22.7 Å². The maximum atomic E-state index is 13.0. The number of nitrogens with zero attached hydrogens (tertiary/aromatic N) is 1. The van der Waals surface area contributed by atoms with Crippen molar-refractivity contribution in [1.82, 2.24) is 10.2 Å². The van der Waals surface area contributed by atoms with Gasteiger partial charge in [-0.1, -0.05) is 41.9 Å². The van der Waals surface area contributed by atoms with Crippen molar-refractivity contribution < 1.29 is 18.0 Å². The summed E-state index contributed by atoms with van der Waals surface area (Å²) in [6, 6.07) is 13.4. The highest BCUT2D eigenvalue weighted by Gasteiger charge is 2.55. The number of nitrogens with one attached hydrogen (secondary N) is 1. The number of amides is 1. The van der Waals surface area contributed by atoms with Crippen molar-refractivity contribution in [2.24, 2.45) is 5.92 Å². The number of benzene rings is 2. The minimum Gasteiger partial charge on any atom is -0.350 e. The lowest BCUT2D eigenvalue weighted by atomic mass is 9.73. The molecule has 0 radical (unpaired) electrons. The highest BCUT2D eigenvalue weighted by atomic mass is 35.5. The number of fused-ring (bicyclic) bond motifs is 1. The second kappa shape index (κ2) is 7.08. The minimum absolute atomic E-state index is 0.0309. The van der Waals surface area contributed by atoms with Gasteiger partial charge in [0.2, 0.25) is 0 Å². The summed E-state index contributed by atoms with van der Waals surface area (Å²) in [6.07, 6.45) is -2.58. The van der Waals surface area contributed by atoms with E-state index >= 15 is 0 Å². The molecule has 1 saturated carbocycles. The summed E-state index contributed by atoms with van der Waals surface area (Å²) < 4.78 is 39.1. The number of carbonyl (C=O) groups is 1. The van der Waals surface area contributed by atoms with Gasteiger partial charge in [-0.15, -0.1) is 0 Å². The van der Waals surface area contributed by atoms with Crippen LogP contribution in [0.1, 0.15) is 34.3 Å². The Morgan fingerprint density at radius 3 is 2.57 bits per heavy atom. The van der Waals surface area contributed by atoms with Crippen molar-refractivity contribution in [1.29, 1.82) is 0 Å². The molecule has 3 nitrogen and oxygen atoms in total. The van der Waals surface area contributed by atoms with Crippen molar-refractivity contribution in [2.45, 2.75) is 31.1 Å². The van der Waals surface area contributed by atoms with Gasteiger partial charge in [-0.25, -0.2) is 0 Å². The summed E-state index contributed by atoms with van der Waals surface area (Å²) in [5, 5.41) is 2.43. The standard InChI is InChI=1S/C21H20ClF3N2O/c22-18-7-6-16(8-17(18)21(23,24)25)19(28)26-13-20-9-15(10-20)12-27(20)11-14-4-2-1-3-5-14/h1-8,15H,9-13H2,(H,26,28). The van der Waals surface area contributed by atoms with Crippen LogP contribution in [0.15, 0.2) is 48.5 Å². The Morgan fingerprint density at radius 1 is 1.18 bits per heavy atom. The van der Waals surface area contributed by atoms with Crippen molar-refractivity contribution in [2.75, 3.05) is 13.1 Å². The number of hydrogen-bond acceptors (Lipinski definition) is 2. The normalized spacial score (nSPS) is 24.1. The Hall–Kier alpha value is -2.05. The Labute approximate surface area is 166 Å². The topological polar surface area (TPSA) is 32.3 Å². The molecule has 28 heavy (non-hydrogen) atoms. The van der Waals surface area contributed by atoms with Crippen LogP contribution in [-0.2, 0) is 12.7 Å². The lowest BCUT2D eigenvalue weighted by Crippen LogP contribution is -2.53. The predicted octanol–water partition coefficient (Wildman–Crippen LogP) is 4.75. The van der Waals surface area contributed by atoms with Gasteiger partial charge in [0, 0.05) is 30.7 Å². The van der Waals surface area contributed by atoms with Gasteiger partial charge in [0.25, 0.3) is 5.91 Å². The van der Waals surface area contributed by atoms with E-state index in [4.69, 9.17) is 11.6 Å². The van der Waals surface area contributed by atoms with Crippen LogP contribution in [0, 0.1) is 5.92 Å². The maximum absolute atomic E-state index is 13.0. The fourth-order valence-electron chi connectivity index (χ4n) is 4.43. The van der Waals surface area contributed by atoms with Crippen LogP contribution in [0.2, 0.25) is 5.02 Å². The Bertz CT molecular complexity index is 879. The number of halogens is 4. The molecule has 7 heteroatoms. The largest absolute Gasteiger partial charge is 0.417 e. The number of alkyl halides is 3. The molecule has 0 spiro atoms. The first-order valence-electron chi connectivity index (χ1n) is 9.21. The third-order valence-corrected chi connectivity index (χ3v) is 6.14. The summed E-state index contributed by atoms with van der Waals surface area (Å²) in [5.74, 6) is 0.125. The first kappa shape index (κ1) is 19.3. The molecule has 3 aliphatic rings. The van der Waals surface area contributed by atoms with Crippen LogP contribution in [-0.4, -0.2) is 29.4 Å². The molecule has 1 N–H and O–H groups in total. The van der Waals surface area contributed by atoms with E-state index in [0.717, 1.165) is 38.1 Å². The van der Waals surface area contributed by atoms with E-state index in [2.05, 4.69) is 22.3 Å². The van der Waals surface area contributed by atoms with Gasteiger partial charge in [0.1, 0.15) is 0 Å². The van der Waals surface area contributed by atoms with Crippen LogP contribution in [0.5, 0.6) is 0 Å². The Kier molecular flexibility index (Phi) is 4.88. The molecule has 0 atom stereocenters. The Balaban J connectivity index is 1.43. The summed E-state index contributed by atoms with van der Waals surface area (Å²) in [4.78, 5) is 14.9. The van der Waals surface area contributed by atoms with Gasteiger partial charge < -0.3 is 5.32 Å². The van der Waals surface area contributed by atoms with Crippen molar-refractivity contribution in [3.63, 3.8) is 0 Å². The molecule has 1 aliphatic carbocycles. The van der Waals surface area contributed by atoms with Crippen LogP contribution >= 0.6 is 11.6 Å². The molecule has 2 bridgehead atoms. The molecule has 2 heterocycles. The zero-order chi connectivity index (χ0) is 19.9. The highest BCUT2D eigenvalue weighted by Crippen LogP contribution is 2.50. The van der Waals surface area contributed by atoms with E-state index in [1.165, 1.54) is 11.6 Å². The fourth-order valence-corrected chi connectivity index (χ4v) is 4.66. The second-order valence-corrected chi connectivity index (χ2v) is 8.15. The average Bonchev–Trinajstić information content (AvgIpc) is 3.13. The summed E-state index contributed by atoms with van der Waals surface area (Å²) in [6.45, 7) is 2.23. The van der Waals surface area contributed by atoms with Gasteiger partial charge in [0.05, 0.1) is 10.6 Å². The van der Waals surface area contributed by atoms with Crippen LogP contribution in [0.4, 0.5) is 13.2 Å². The third kappa shape index (κ3) is 3.63. The molecule has 1 amide bonds. The fraction of sp³-hybridized carbons (Fsp3) is 0.381. The van der Waals surface area contributed by atoms with E-state index in [9.17, 15) is 18.0 Å². The SMILES string of the molecule is O=C(NCC12CC(CN1Cc1ccccc1)C2)c1ccc(Cl)c(C(F)(F)F)c1. The minimum atomic E-state index is -4.59. The molecule has 2 aromatic rings. The van der Waals surface area contributed by atoms with Crippen molar-refractivity contribution >= 4 is 17.5 Å². The monoisotopic (exact) mass is 408 g/mol. The van der Waals surface area contributed by atoms with E-state index in [1.807, 2.05) is 18.2 Å². The lowest BCUT2D eigenvalue weighted by Gasteiger charge is -2.42. The first-order valence-corrected chi connectivity index (χ1v) is 9.59. The zero-order valence-electron chi connectivity index (χ0n) is 15.1. The molecule has 0 unspecified atom stereocenters. The molecule has 2 aromatic carbocycles. The van der Waals surface area contributed by atoms with Gasteiger partial charge in [-0.2, -0.15) is 13.2 Å². The molecule has 2 saturated heterocycles.